The number of rotatable bonds is 4. The second kappa shape index (κ2) is 5.45. The number of piperazine rings is 1. The molecule has 1 aliphatic heterocycles. The number of nitrogens with one attached hydrogen (secondary N) is 1. The van der Waals surface area contributed by atoms with Gasteiger partial charge in [0.25, 0.3) is 0 Å². The Labute approximate surface area is 122 Å². The minimum Gasteiger partial charge on any atom is -0.308 e. The summed E-state index contributed by atoms with van der Waals surface area (Å²) in [6.07, 6.45) is 6.66. The summed E-state index contributed by atoms with van der Waals surface area (Å²) < 4.78 is 0. The highest BCUT2D eigenvalue weighted by molar-refractivity contribution is 5.11. The van der Waals surface area contributed by atoms with Gasteiger partial charge in [0.2, 0.25) is 0 Å². The molecule has 1 saturated carbocycles. The number of hydrogen-bond acceptors (Lipinski definition) is 3. The van der Waals surface area contributed by atoms with E-state index in [9.17, 15) is 0 Å². The summed E-state index contributed by atoms with van der Waals surface area (Å²) in [7, 11) is 0. The zero-order valence-electron chi connectivity index (χ0n) is 13.0. The molecule has 0 aromatic carbocycles. The summed E-state index contributed by atoms with van der Waals surface area (Å²) in [6, 6.07) is 4.87. The Balaban J connectivity index is 1.75. The molecule has 0 amide bonds. The quantitative estimate of drug-likeness (QED) is 0.914. The molecule has 3 rings (SSSR count). The Kier molecular flexibility index (Phi) is 3.83. The van der Waals surface area contributed by atoms with Gasteiger partial charge in [-0.05, 0) is 43.2 Å². The van der Waals surface area contributed by atoms with Crippen molar-refractivity contribution in [2.45, 2.75) is 51.7 Å². The fraction of sp³-hybridized carbons (Fsp3) is 0.706. The smallest absolute Gasteiger partial charge is 0.0312 e. The summed E-state index contributed by atoms with van der Waals surface area (Å²) in [4.78, 5) is 6.94. The van der Waals surface area contributed by atoms with E-state index in [1.807, 2.05) is 18.5 Å². The molecule has 3 heteroatoms. The summed E-state index contributed by atoms with van der Waals surface area (Å²) in [5, 5.41) is 3.85. The van der Waals surface area contributed by atoms with Crippen LogP contribution in [-0.2, 0) is 6.54 Å². The first-order chi connectivity index (χ1) is 9.58. The predicted octanol–water partition coefficient (Wildman–Crippen LogP) is 2.68. The molecule has 1 aliphatic carbocycles. The van der Waals surface area contributed by atoms with Gasteiger partial charge in [-0.1, -0.05) is 19.9 Å². The zero-order valence-corrected chi connectivity index (χ0v) is 13.0. The maximum absolute atomic E-state index is 4.26. The second-order valence-corrected chi connectivity index (χ2v) is 7.15. The molecule has 1 N–H and O–H groups in total. The molecular formula is C17H27N3. The Morgan fingerprint density at radius 1 is 1.45 bits per heavy atom. The Bertz CT molecular complexity index is 441. The van der Waals surface area contributed by atoms with E-state index in [1.165, 1.54) is 18.4 Å². The first-order valence-electron chi connectivity index (χ1n) is 7.96. The average molecular weight is 273 g/mol. The van der Waals surface area contributed by atoms with Gasteiger partial charge in [0.1, 0.15) is 0 Å². The average Bonchev–Trinajstić information content (AvgIpc) is 3.24. The zero-order chi connectivity index (χ0) is 14.2. The lowest BCUT2D eigenvalue weighted by molar-refractivity contribution is 0.0462. The summed E-state index contributed by atoms with van der Waals surface area (Å²) >= 11 is 0. The lowest BCUT2D eigenvalue weighted by Gasteiger charge is -2.48. The Morgan fingerprint density at radius 2 is 2.25 bits per heavy atom. The monoisotopic (exact) mass is 273 g/mol. The van der Waals surface area contributed by atoms with Gasteiger partial charge >= 0.3 is 0 Å². The minimum absolute atomic E-state index is 0.313. The lowest BCUT2D eigenvalue weighted by Crippen LogP contribution is -2.64. The van der Waals surface area contributed by atoms with Crippen molar-refractivity contribution in [3.8, 4) is 0 Å². The van der Waals surface area contributed by atoms with E-state index in [0.717, 1.165) is 25.6 Å². The van der Waals surface area contributed by atoms with Crippen molar-refractivity contribution in [2.24, 2.45) is 11.8 Å². The van der Waals surface area contributed by atoms with E-state index in [1.54, 1.807) is 0 Å². The van der Waals surface area contributed by atoms with Crippen LogP contribution < -0.4 is 5.32 Å². The van der Waals surface area contributed by atoms with Gasteiger partial charge < -0.3 is 5.32 Å². The summed E-state index contributed by atoms with van der Waals surface area (Å²) in [5.74, 6) is 1.56. The van der Waals surface area contributed by atoms with Gasteiger partial charge in [-0.2, -0.15) is 0 Å². The Morgan fingerprint density at radius 3 is 2.85 bits per heavy atom. The molecule has 1 aromatic rings. The first kappa shape index (κ1) is 14.0. The molecule has 2 fully saturated rings. The molecule has 0 bridgehead atoms. The normalized spacial score (nSPS) is 31.7. The molecule has 1 aromatic heterocycles. The van der Waals surface area contributed by atoms with Crippen LogP contribution in [-0.4, -0.2) is 34.6 Å². The molecule has 0 spiro atoms. The third-order valence-corrected chi connectivity index (χ3v) is 5.07. The molecular weight excluding hydrogens is 246 g/mol. The molecule has 2 unspecified atom stereocenters. The lowest BCUT2D eigenvalue weighted by atomic mass is 9.88. The standard InChI is InChI=1S/C17H27N3/c1-13(2)16-10-19-17(3,15-6-7-15)12-20(16)11-14-5-4-8-18-9-14/h4-5,8-9,13,15-16,19H,6-7,10-12H2,1-3H3. The van der Waals surface area contributed by atoms with Crippen molar-refractivity contribution < 1.29 is 0 Å². The molecule has 3 nitrogen and oxygen atoms in total. The maximum Gasteiger partial charge on any atom is 0.0312 e. The van der Waals surface area contributed by atoms with Crippen LogP contribution in [0.5, 0.6) is 0 Å². The number of pyridine rings is 1. The third kappa shape index (κ3) is 2.89. The predicted molar refractivity (Wildman–Crippen MR) is 82.4 cm³/mol. The van der Waals surface area contributed by atoms with E-state index in [4.69, 9.17) is 0 Å². The van der Waals surface area contributed by atoms with Crippen LogP contribution in [0.2, 0.25) is 0 Å². The molecule has 0 radical (unpaired) electrons. The Hall–Kier alpha value is -0.930. The third-order valence-electron chi connectivity index (χ3n) is 5.07. The molecule has 2 aliphatic rings. The fourth-order valence-electron chi connectivity index (χ4n) is 3.61. The highest BCUT2D eigenvalue weighted by atomic mass is 15.3. The van der Waals surface area contributed by atoms with Gasteiger partial charge in [-0.15, -0.1) is 0 Å². The molecule has 110 valence electrons. The largest absolute Gasteiger partial charge is 0.308 e. The second-order valence-electron chi connectivity index (χ2n) is 7.15. The number of nitrogens with zero attached hydrogens (tertiary/aromatic N) is 2. The topological polar surface area (TPSA) is 28.2 Å². The fourth-order valence-corrected chi connectivity index (χ4v) is 3.61. The van der Waals surface area contributed by atoms with Gasteiger partial charge in [0.05, 0.1) is 0 Å². The highest BCUT2D eigenvalue weighted by Crippen LogP contribution is 2.42. The van der Waals surface area contributed by atoms with Crippen LogP contribution in [0.1, 0.15) is 39.2 Å². The summed E-state index contributed by atoms with van der Waals surface area (Å²) in [6.45, 7) is 10.4. The molecule has 1 saturated heterocycles. The van der Waals surface area contributed by atoms with E-state index >= 15 is 0 Å². The van der Waals surface area contributed by atoms with Crippen LogP contribution in [0.15, 0.2) is 24.5 Å². The van der Waals surface area contributed by atoms with Crippen molar-refractivity contribution in [3.63, 3.8) is 0 Å². The number of hydrogen-bond donors (Lipinski definition) is 1. The van der Waals surface area contributed by atoms with Crippen LogP contribution in [0.25, 0.3) is 0 Å². The number of aromatic nitrogens is 1. The van der Waals surface area contributed by atoms with E-state index in [2.05, 4.69) is 42.0 Å². The van der Waals surface area contributed by atoms with Gasteiger partial charge in [0, 0.05) is 43.6 Å². The van der Waals surface area contributed by atoms with Crippen molar-refractivity contribution in [3.05, 3.63) is 30.1 Å². The van der Waals surface area contributed by atoms with Crippen molar-refractivity contribution in [2.75, 3.05) is 13.1 Å². The van der Waals surface area contributed by atoms with Gasteiger partial charge in [0.15, 0.2) is 0 Å². The van der Waals surface area contributed by atoms with Gasteiger partial charge in [-0.3, -0.25) is 9.88 Å². The van der Waals surface area contributed by atoms with Gasteiger partial charge in [-0.25, -0.2) is 0 Å². The highest BCUT2D eigenvalue weighted by Gasteiger charge is 2.46. The minimum atomic E-state index is 0.313. The van der Waals surface area contributed by atoms with Crippen molar-refractivity contribution in [1.82, 2.24) is 15.2 Å². The maximum atomic E-state index is 4.26. The van der Waals surface area contributed by atoms with E-state index in [-0.39, 0.29) is 0 Å². The van der Waals surface area contributed by atoms with Crippen molar-refractivity contribution in [1.29, 1.82) is 0 Å². The summed E-state index contributed by atoms with van der Waals surface area (Å²) in [5.41, 5.74) is 1.64. The molecule has 2 atom stereocenters. The SMILES string of the molecule is CC(C)C1CNC(C)(C2CC2)CN1Cc1cccnc1. The first-order valence-corrected chi connectivity index (χ1v) is 7.96. The van der Waals surface area contributed by atoms with E-state index < -0.39 is 0 Å². The molecule has 20 heavy (non-hydrogen) atoms. The van der Waals surface area contributed by atoms with Crippen LogP contribution in [0, 0.1) is 11.8 Å². The van der Waals surface area contributed by atoms with Crippen LogP contribution in [0.3, 0.4) is 0 Å². The van der Waals surface area contributed by atoms with Crippen LogP contribution >= 0.6 is 0 Å². The molecule has 2 heterocycles. The van der Waals surface area contributed by atoms with Crippen molar-refractivity contribution >= 4 is 0 Å². The van der Waals surface area contributed by atoms with E-state index in [0.29, 0.717) is 17.5 Å². The van der Waals surface area contributed by atoms with Crippen LogP contribution in [0.4, 0.5) is 0 Å².